The van der Waals surface area contributed by atoms with Crippen LogP contribution in [0.15, 0.2) is 48.8 Å². The maximum atomic E-state index is 14.3. The van der Waals surface area contributed by atoms with Crippen molar-refractivity contribution in [3.05, 3.63) is 54.5 Å². The normalized spacial score (nSPS) is 24.1. The number of aromatic nitrogens is 3. The van der Waals surface area contributed by atoms with E-state index in [0.29, 0.717) is 5.52 Å². The Morgan fingerprint density at radius 2 is 1.83 bits per heavy atom. The molecule has 17 heteroatoms. The Kier molecular flexibility index (Phi) is 10.6. The Hall–Kier alpha value is -4.55. The third-order valence-electron chi connectivity index (χ3n) is 7.95. The molecule has 2 aromatic heterocycles. The van der Waals surface area contributed by atoms with Crippen LogP contribution < -0.4 is 15.3 Å². The molecule has 0 spiro atoms. The van der Waals surface area contributed by atoms with Crippen LogP contribution in [0.25, 0.3) is 5.52 Å². The molecule has 256 valence electrons. The summed E-state index contributed by atoms with van der Waals surface area (Å²) in [6.45, 7) is 3.72. The molecular formula is C31H37N6O10P. The van der Waals surface area contributed by atoms with Gasteiger partial charge in [-0.15, -0.1) is 0 Å². The van der Waals surface area contributed by atoms with Gasteiger partial charge < -0.3 is 29.2 Å². The first-order chi connectivity index (χ1) is 23.0. The van der Waals surface area contributed by atoms with Gasteiger partial charge in [0.05, 0.1) is 5.69 Å². The lowest BCUT2D eigenvalue weighted by Crippen LogP contribution is -2.49. The minimum Gasteiger partial charge on any atom is -0.461 e. The largest absolute Gasteiger partial charge is 0.461 e. The van der Waals surface area contributed by atoms with Crippen molar-refractivity contribution in [3.63, 3.8) is 0 Å². The first kappa shape index (κ1) is 34.8. The number of hydrogen-bond donors (Lipinski definition) is 2. The number of carbonyl (C=O) groups excluding carboxylic acids is 3. The number of rotatable bonds is 14. The van der Waals surface area contributed by atoms with E-state index in [2.05, 4.69) is 15.2 Å². The van der Waals surface area contributed by atoms with E-state index in [1.807, 2.05) is 6.07 Å². The Bertz CT molecular complexity index is 1730. The van der Waals surface area contributed by atoms with Gasteiger partial charge in [-0.1, -0.05) is 32.0 Å². The van der Waals surface area contributed by atoms with E-state index in [-0.39, 0.29) is 36.2 Å². The van der Waals surface area contributed by atoms with E-state index in [4.69, 9.17) is 33.7 Å². The van der Waals surface area contributed by atoms with Crippen molar-refractivity contribution >= 4 is 37.0 Å². The minimum absolute atomic E-state index is 0.0450. The number of nitrogens with two attached hydrogens (primary N) is 1. The maximum absolute atomic E-state index is 14.3. The molecule has 1 unspecified atom stereocenters. The highest BCUT2D eigenvalue weighted by Gasteiger charge is 2.62. The SMILES string of the molecule is CCC(=O)O[C@H]1[C@H](c2ccc3c(N)ncnn23)O[C@](C#N)(CO[P@](=O)(NC(C)C(=O)OC2CCC2)Oc2ccccc2)[C@H]1OC(=O)CC. The predicted molar refractivity (Wildman–Crippen MR) is 167 cm³/mol. The quantitative estimate of drug-likeness (QED) is 0.141. The van der Waals surface area contributed by atoms with Crippen molar-refractivity contribution in [1.82, 2.24) is 19.7 Å². The second-order valence-corrected chi connectivity index (χ2v) is 13.0. The van der Waals surface area contributed by atoms with E-state index < -0.39 is 62.2 Å². The van der Waals surface area contributed by atoms with Crippen LogP contribution in [0, 0.1) is 11.3 Å². The molecule has 3 heterocycles. The van der Waals surface area contributed by atoms with Crippen LogP contribution in [-0.4, -0.2) is 69.1 Å². The van der Waals surface area contributed by atoms with Gasteiger partial charge in [0.2, 0.25) is 5.60 Å². The van der Waals surface area contributed by atoms with E-state index >= 15 is 0 Å². The van der Waals surface area contributed by atoms with Crippen molar-refractivity contribution in [1.29, 1.82) is 5.26 Å². The summed E-state index contributed by atoms with van der Waals surface area (Å²) in [4.78, 5) is 42.3. The summed E-state index contributed by atoms with van der Waals surface area (Å²) in [6.07, 6.45) is -0.975. The van der Waals surface area contributed by atoms with Crippen LogP contribution >= 0.6 is 7.75 Å². The number of benzene rings is 1. The van der Waals surface area contributed by atoms with Gasteiger partial charge in [0.15, 0.2) is 18.0 Å². The summed E-state index contributed by atoms with van der Waals surface area (Å²) in [7, 11) is -4.51. The molecule has 1 saturated heterocycles. The van der Waals surface area contributed by atoms with Gasteiger partial charge in [0.25, 0.3) is 0 Å². The van der Waals surface area contributed by atoms with E-state index in [1.165, 1.54) is 29.9 Å². The number of hydrogen-bond acceptors (Lipinski definition) is 14. The van der Waals surface area contributed by atoms with Crippen LogP contribution in [0.3, 0.4) is 0 Å². The molecule has 2 fully saturated rings. The summed E-state index contributed by atoms with van der Waals surface area (Å²) >= 11 is 0. The number of esters is 3. The molecule has 1 aliphatic heterocycles. The molecule has 0 amide bonds. The monoisotopic (exact) mass is 684 g/mol. The number of nitrogens with one attached hydrogen (secondary N) is 1. The summed E-state index contributed by atoms with van der Waals surface area (Å²) < 4.78 is 50.6. The number of ether oxygens (including phenoxy) is 4. The summed E-state index contributed by atoms with van der Waals surface area (Å²) in [6, 6.07) is 12.1. The molecule has 1 aromatic carbocycles. The average Bonchev–Trinajstić information content (AvgIpc) is 3.62. The second kappa shape index (κ2) is 14.7. The topological polar surface area (TPSA) is 216 Å². The number of nitriles is 1. The molecule has 1 saturated carbocycles. The van der Waals surface area contributed by atoms with Crippen LogP contribution in [0.5, 0.6) is 5.75 Å². The van der Waals surface area contributed by atoms with Crippen molar-refractivity contribution in [2.24, 2.45) is 0 Å². The predicted octanol–water partition coefficient (Wildman–Crippen LogP) is 3.57. The zero-order chi connectivity index (χ0) is 34.5. The van der Waals surface area contributed by atoms with Gasteiger partial charge in [-0.05, 0) is 50.5 Å². The Labute approximate surface area is 276 Å². The Morgan fingerprint density at radius 3 is 2.48 bits per heavy atom. The highest BCUT2D eigenvalue weighted by Crippen LogP contribution is 2.50. The molecule has 6 atom stereocenters. The zero-order valence-electron chi connectivity index (χ0n) is 26.6. The fraction of sp³-hybridized carbons (Fsp3) is 0.484. The summed E-state index contributed by atoms with van der Waals surface area (Å²) in [5.41, 5.74) is 4.50. The van der Waals surface area contributed by atoms with Gasteiger partial charge >= 0.3 is 25.7 Å². The molecule has 1 aliphatic carbocycles. The van der Waals surface area contributed by atoms with Crippen LogP contribution in [0.1, 0.15) is 64.7 Å². The lowest BCUT2D eigenvalue weighted by atomic mass is 9.95. The number of para-hydroxylation sites is 1. The summed E-state index contributed by atoms with van der Waals surface area (Å²) in [5.74, 6) is -1.80. The Morgan fingerprint density at radius 1 is 1.12 bits per heavy atom. The van der Waals surface area contributed by atoms with Gasteiger partial charge in [0.1, 0.15) is 48.5 Å². The van der Waals surface area contributed by atoms with Crippen molar-refractivity contribution in [3.8, 4) is 11.8 Å². The van der Waals surface area contributed by atoms with E-state index in [9.17, 15) is 24.2 Å². The number of anilines is 1. The fourth-order valence-electron chi connectivity index (χ4n) is 5.12. The number of nitrogen functional groups attached to an aromatic ring is 1. The lowest BCUT2D eigenvalue weighted by molar-refractivity contribution is -0.169. The van der Waals surface area contributed by atoms with Gasteiger partial charge in [-0.25, -0.2) is 14.1 Å². The fourth-order valence-corrected chi connectivity index (χ4v) is 6.64. The van der Waals surface area contributed by atoms with Gasteiger partial charge in [0, 0.05) is 12.8 Å². The molecule has 0 bridgehead atoms. The number of nitrogens with zero attached hydrogens (tertiary/aromatic N) is 4. The zero-order valence-corrected chi connectivity index (χ0v) is 27.5. The highest BCUT2D eigenvalue weighted by molar-refractivity contribution is 7.52. The standard InChI is InChI=1S/C31H37N6O10P/c1-4-24(38)44-27-26(22-14-15-23-29(33)34-18-35-37(22)23)46-31(16-32,28(27)45-25(39)5-2)17-42-48(41,47-21-10-7-6-8-11-21)36-19(3)30(40)43-20-12-9-13-20/h6-8,10-11,14-15,18-20,26-28H,4-5,9,12-13,17H2,1-3H3,(H,36,41)(H2,33,34,35)/t19?,26-,27-,28-,31+,48+/m0/s1. The molecule has 48 heavy (non-hydrogen) atoms. The molecule has 2 aliphatic rings. The highest BCUT2D eigenvalue weighted by atomic mass is 31.2. The number of carbonyl (C=O) groups is 3. The van der Waals surface area contributed by atoms with Gasteiger partial charge in [-0.2, -0.15) is 15.4 Å². The third-order valence-corrected chi connectivity index (χ3v) is 9.57. The van der Waals surface area contributed by atoms with Crippen molar-refractivity contribution in [2.45, 2.75) is 88.9 Å². The van der Waals surface area contributed by atoms with E-state index in [0.717, 1.165) is 19.3 Å². The third kappa shape index (κ3) is 7.44. The van der Waals surface area contributed by atoms with Crippen molar-refractivity contribution in [2.75, 3.05) is 12.3 Å². The van der Waals surface area contributed by atoms with E-state index in [1.54, 1.807) is 44.2 Å². The lowest BCUT2D eigenvalue weighted by Gasteiger charge is -2.31. The number of fused-ring (bicyclic) bond motifs is 1. The molecular weight excluding hydrogens is 647 g/mol. The minimum atomic E-state index is -4.51. The maximum Gasteiger partial charge on any atom is 0.459 e. The van der Waals surface area contributed by atoms with Crippen LogP contribution in [0.4, 0.5) is 5.82 Å². The van der Waals surface area contributed by atoms with Gasteiger partial charge in [-0.3, -0.25) is 18.9 Å². The molecule has 16 nitrogen and oxygen atoms in total. The summed E-state index contributed by atoms with van der Waals surface area (Å²) in [5, 5.41) is 17.5. The first-order valence-electron chi connectivity index (χ1n) is 15.5. The molecule has 0 radical (unpaired) electrons. The second-order valence-electron chi connectivity index (χ2n) is 11.3. The Balaban J connectivity index is 1.51. The molecule has 3 N–H and O–H groups in total. The molecule has 3 aromatic rings. The average molecular weight is 685 g/mol. The smallest absolute Gasteiger partial charge is 0.459 e. The van der Waals surface area contributed by atoms with Crippen LogP contribution in [-0.2, 0) is 42.4 Å². The van der Waals surface area contributed by atoms with Crippen molar-refractivity contribution < 1.29 is 46.9 Å². The molecule has 5 rings (SSSR count). The first-order valence-corrected chi connectivity index (χ1v) is 17.1. The van der Waals surface area contributed by atoms with Crippen LogP contribution in [0.2, 0.25) is 0 Å².